The Morgan fingerprint density at radius 2 is 1.85 bits per heavy atom. The number of para-hydroxylation sites is 1. The third-order valence-corrected chi connectivity index (χ3v) is 8.26. The number of rotatable bonds is 8. The van der Waals surface area contributed by atoms with Gasteiger partial charge in [-0.25, -0.2) is 14.8 Å². The number of carboxylic acid groups (broad SMARTS) is 1. The van der Waals surface area contributed by atoms with Gasteiger partial charge >= 0.3 is 5.97 Å². The highest BCUT2D eigenvalue weighted by Gasteiger charge is 2.40. The number of aromatic carboxylic acids is 1. The quantitative estimate of drug-likeness (QED) is 0.383. The van der Waals surface area contributed by atoms with Crippen molar-refractivity contribution in [2.45, 2.75) is 44.6 Å². The number of carbonyl (C=O) groups is 2. The fraction of sp³-hybridized carbons (Fsp3) is 0.400. The summed E-state index contributed by atoms with van der Waals surface area (Å²) in [5.74, 6) is 0.532. The van der Waals surface area contributed by atoms with Crippen molar-refractivity contribution in [1.29, 1.82) is 0 Å². The number of aromatic nitrogens is 2. The van der Waals surface area contributed by atoms with Crippen molar-refractivity contribution in [1.82, 2.24) is 14.9 Å². The van der Waals surface area contributed by atoms with E-state index in [1.807, 2.05) is 41.3 Å². The molecule has 210 valence electrons. The molecule has 0 saturated carbocycles. The summed E-state index contributed by atoms with van der Waals surface area (Å²) in [6.45, 7) is 2.05. The van der Waals surface area contributed by atoms with Crippen LogP contribution in [0.4, 0.5) is 5.95 Å². The zero-order valence-electron chi connectivity index (χ0n) is 22.4. The van der Waals surface area contributed by atoms with Gasteiger partial charge in [0, 0.05) is 41.4 Å². The predicted octanol–water partition coefficient (Wildman–Crippen LogP) is 5.34. The van der Waals surface area contributed by atoms with E-state index >= 15 is 0 Å². The van der Waals surface area contributed by atoms with Crippen LogP contribution in [0.3, 0.4) is 0 Å². The van der Waals surface area contributed by atoms with Crippen LogP contribution in [0.2, 0.25) is 10.0 Å². The van der Waals surface area contributed by atoms with Gasteiger partial charge in [-0.2, -0.15) is 0 Å². The van der Waals surface area contributed by atoms with Gasteiger partial charge < -0.3 is 19.6 Å². The third-order valence-electron chi connectivity index (χ3n) is 7.83. The lowest BCUT2D eigenvalue weighted by atomic mass is 9.98. The molecule has 10 heteroatoms. The van der Waals surface area contributed by atoms with Crippen molar-refractivity contribution in [3.8, 4) is 5.75 Å². The highest BCUT2D eigenvalue weighted by Crippen LogP contribution is 2.33. The summed E-state index contributed by atoms with van der Waals surface area (Å²) in [7, 11) is 1.62. The maximum Gasteiger partial charge on any atom is 0.339 e. The molecule has 40 heavy (non-hydrogen) atoms. The van der Waals surface area contributed by atoms with Gasteiger partial charge in [0.2, 0.25) is 11.9 Å². The number of hydrogen-bond donors (Lipinski definition) is 1. The molecule has 5 rings (SSSR count). The first-order valence-corrected chi connectivity index (χ1v) is 14.3. The van der Waals surface area contributed by atoms with Crippen LogP contribution in [0, 0.1) is 5.92 Å². The molecule has 2 aromatic carbocycles. The summed E-state index contributed by atoms with van der Waals surface area (Å²) in [5, 5.41) is 10.8. The second-order valence-corrected chi connectivity index (χ2v) is 11.3. The lowest BCUT2D eigenvalue weighted by Crippen LogP contribution is -2.45. The minimum Gasteiger partial charge on any atom is -0.496 e. The zero-order valence-corrected chi connectivity index (χ0v) is 23.9. The normalized spacial score (nSPS) is 18.8. The van der Waals surface area contributed by atoms with Gasteiger partial charge in [0.05, 0.1) is 30.8 Å². The Bertz CT molecular complexity index is 1380. The van der Waals surface area contributed by atoms with Crippen molar-refractivity contribution in [3.05, 3.63) is 81.1 Å². The van der Waals surface area contributed by atoms with Crippen LogP contribution in [-0.4, -0.2) is 64.6 Å². The monoisotopic (exact) mass is 582 g/mol. The molecule has 3 aromatic rings. The van der Waals surface area contributed by atoms with Crippen LogP contribution in [-0.2, 0) is 24.1 Å². The summed E-state index contributed by atoms with van der Waals surface area (Å²) < 4.78 is 5.47. The van der Waals surface area contributed by atoms with E-state index in [0.717, 1.165) is 49.2 Å². The van der Waals surface area contributed by atoms with E-state index < -0.39 is 5.97 Å². The molecule has 0 spiro atoms. The van der Waals surface area contributed by atoms with E-state index in [1.165, 1.54) is 6.20 Å². The lowest BCUT2D eigenvalue weighted by Gasteiger charge is -2.30. The number of nitrogens with zero attached hydrogens (tertiary/aromatic N) is 4. The predicted molar refractivity (Wildman–Crippen MR) is 155 cm³/mol. The van der Waals surface area contributed by atoms with Crippen molar-refractivity contribution in [2.75, 3.05) is 31.6 Å². The summed E-state index contributed by atoms with van der Waals surface area (Å²) in [5.41, 5.74) is 2.33. The van der Waals surface area contributed by atoms with E-state index in [9.17, 15) is 14.7 Å². The molecule has 2 saturated heterocycles. The number of amides is 1. The Hall–Kier alpha value is -3.36. The van der Waals surface area contributed by atoms with Crippen LogP contribution in [0.25, 0.3) is 0 Å². The van der Waals surface area contributed by atoms with Crippen LogP contribution < -0.4 is 9.64 Å². The van der Waals surface area contributed by atoms with Gasteiger partial charge in [0.15, 0.2) is 0 Å². The van der Waals surface area contributed by atoms with E-state index in [4.69, 9.17) is 32.9 Å². The molecule has 2 unspecified atom stereocenters. The molecular formula is C30H32Cl2N4O4. The number of carboxylic acids is 1. The highest BCUT2D eigenvalue weighted by atomic mass is 35.5. The molecule has 1 aromatic heterocycles. The average Bonchev–Trinajstić information content (AvgIpc) is 3.25. The Morgan fingerprint density at radius 3 is 2.60 bits per heavy atom. The molecule has 2 aliphatic heterocycles. The molecule has 2 aliphatic rings. The van der Waals surface area contributed by atoms with Crippen molar-refractivity contribution in [3.63, 3.8) is 0 Å². The van der Waals surface area contributed by atoms with Gasteiger partial charge in [-0.05, 0) is 61.4 Å². The third kappa shape index (κ3) is 6.34. The molecule has 8 nitrogen and oxygen atoms in total. The first kappa shape index (κ1) is 28.2. The lowest BCUT2D eigenvalue weighted by molar-refractivity contribution is -0.132. The topological polar surface area (TPSA) is 95.9 Å². The van der Waals surface area contributed by atoms with Crippen molar-refractivity contribution < 1.29 is 19.4 Å². The summed E-state index contributed by atoms with van der Waals surface area (Å²) >= 11 is 12.3. The second-order valence-electron chi connectivity index (χ2n) is 10.4. The summed E-state index contributed by atoms with van der Waals surface area (Å²) in [6, 6.07) is 13.0. The van der Waals surface area contributed by atoms with E-state index in [1.54, 1.807) is 13.2 Å². The van der Waals surface area contributed by atoms with Crippen LogP contribution in [0.5, 0.6) is 5.75 Å². The molecule has 0 aliphatic carbocycles. The van der Waals surface area contributed by atoms with E-state index in [-0.39, 0.29) is 23.9 Å². The minimum atomic E-state index is -1.06. The van der Waals surface area contributed by atoms with Crippen LogP contribution in [0.1, 0.15) is 46.4 Å². The Labute approximate surface area is 243 Å². The minimum absolute atomic E-state index is 0.0458. The Morgan fingerprint density at radius 1 is 1.07 bits per heavy atom. The van der Waals surface area contributed by atoms with Crippen molar-refractivity contribution in [2.24, 2.45) is 5.92 Å². The smallest absolute Gasteiger partial charge is 0.339 e. The zero-order chi connectivity index (χ0) is 28.2. The number of fused-ring (bicyclic) bond motifs is 1. The van der Waals surface area contributed by atoms with E-state index in [0.29, 0.717) is 47.0 Å². The maximum absolute atomic E-state index is 13.6. The molecular weight excluding hydrogens is 551 g/mol. The molecule has 0 bridgehead atoms. The number of aryl methyl sites for hydroxylation is 2. The number of hydrogen-bond acceptors (Lipinski definition) is 6. The van der Waals surface area contributed by atoms with Gasteiger partial charge in [-0.15, -0.1) is 0 Å². The Kier molecular flexibility index (Phi) is 8.76. The van der Waals surface area contributed by atoms with Gasteiger partial charge in [-0.1, -0.05) is 47.8 Å². The fourth-order valence-electron chi connectivity index (χ4n) is 5.88. The molecule has 1 N–H and O–H groups in total. The van der Waals surface area contributed by atoms with E-state index in [2.05, 4.69) is 9.88 Å². The first-order valence-electron chi connectivity index (χ1n) is 13.5. The maximum atomic E-state index is 13.6. The first-order chi connectivity index (χ1) is 19.3. The molecule has 2 fully saturated rings. The fourth-order valence-corrected chi connectivity index (χ4v) is 6.45. The number of carbonyl (C=O) groups excluding carboxylic acids is 1. The number of likely N-dealkylation sites (tertiary alicyclic amines) is 1. The molecule has 3 heterocycles. The average molecular weight is 584 g/mol. The molecule has 1 amide bonds. The van der Waals surface area contributed by atoms with Crippen LogP contribution >= 0.6 is 23.2 Å². The van der Waals surface area contributed by atoms with Gasteiger partial charge in [0.1, 0.15) is 5.75 Å². The van der Waals surface area contributed by atoms with Gasteiger partial charge in [0.25, 0.3) is 0 Å². The second kappa shape index (κ2) is 12.4. The SMILES string of the molecule is COc1ccccc1CC(=O)N1CCCCC2CN(c3ncc(C(=O)O)c(CCc4cc(Cl)cc(Cl)c4)n3)CC21. The standard InChI is InChI=1S/C30H32Cl2N4O4/c1-40-27-8-3-2-6-20(27)14-28(37)36-11-5-4-7-21-17-35(18-26(21)36)30-33-16-24(29(38)39)25(34-30)10-9-19-12-22(31)15-23(32)13-19/h2-3,6,8,12-13,15-16,21,26H,4-5,7,9-11,14,17-18H2,1H3,(H,38,39). The Balaban J connectivity index is 1.34. The highest BCUT2D eigenvalue weighted by molar-refractivity contribution is 6.34. The number of anilines is 1. The largest absolute Gasteiger partial charge is 0.496 e. The summed E-state index contributed by atoms with van der Waals surface area (Å²) in [4.78, 5) is 38.8. The van der Waals surface area contributed by atoms with Crippen LogP contribution in [0.15, 0.2) is 48.7 Å². The number of halogens is 2. The van der Waals surface area contributed by atoms with Gasteiger partial charge in [-0.3, -0.25) is 4.79 Å². The molecule has 0 radical (unpaired) electrons. The number of ether oxygens (including phenoxy) is 1. The number of methoxy groups -OCH3 is 1. The van der Waals surface area contributed by atoms with Crippen molar-refractivity contribution >= 4 is 41.0 Å². The molecule has 2 atom stereocenters. The number of benzene rings is 2. The summed E-state index contributed by atoms with van der Waals surface area (Å²) in [6.07, 6.45) is 5.67.